The summed E-state index contributed by atoms with van der Waals surface area (Å²) in [6.07, 6.45) is -0.976. The first kappa shape index (κ1) is 94.0. The van der Waals surface area contributed by atoms with Gasteiger partial charge in [-0.15, -0.1) is 0 Å². The van der Waals surface area contributed by atoms with Gasteiger partial charge in [0.2, 0.25) is 82.7 Å². The van der Waals surface area contributed by atoms with Gasteiger partial charge in [0.15, 0.2) is 0 Å². The molecule has 116 heavy (non-hydrogen) atoms. The number of aliphatic hydroxyl groups is 1. The minimum absolute atomic E-state index is 0.00761. The van der Waals surface area contributed by atoms with Crippen LogP contribution in [-0.2, 0) is 109 Å². The van der Waals surface area contributed by atoms with Crippen LogP contribution in [0.4, 0.5) is 0 Å². The van der Waals surface area contributed by atoms with Crippen molar-refractivity contribution in [2.75, 3.05) is 26.2 Å². The van der Waals surface area contributed by atoms with Crippen LogP contribution >= 0.6 is 0 Å². The van der Waals surface area contributed by atoms with Gasteiger partial charge in [0.05, 0.1) is 51.8 Å². The number of aliphatic hydroxyl groups excluding tert-OH is 1. The third-order valence-corrected chi connectivity index (χ3v) is 18.9. The average molecular weight is 1630 g/mol. The number of nitrogens with two attached hydrogens (primary N) is 2. The predicted molar refractivity (Wildman–Crippen MR) is 407 cm³/mol. The number of rotatable bonds is 34. The Kier molecular flexibility index (Phi) is 37.7. The highest BCUT2D eigenvalue weighted by atomic mass is 16.5. The molecule has 0 radical (unpaired) electrons. The number of aromatic amines is 2. The summed E-state index contributed by atoms with van der Waals surface area (Å²) < 4.78 is 5.85. The number of nitrogens with one attached hydrogen (secondary N) is 15. The number of unbranched alkanes of at least 4 members (excludes halogenated alkanes) is 3. The van der Waals surface area contributed by atoms with Gasteiger partial charge in [-0.1, -0.05) is 89.3 Å². The molecule has 14 unspecified atom stereocenters. The molecular formula is C74H103N17O25. The molecule has 14 atom stereocenters. The Morgan fingerprint density at radius 2 is 1.05 bits per heavy atom. The van der Waals surface area contributed by atoms with Crippen molar-refractivity contribution in [1.29, 1.82) is 0 Å². The number of esters is 1. The topological polar surface area (TPSA) is 675 Å². The lowest BCUT2D eigenvalue weighted by Gasteiger charge is -2.30. The fourth-order valence-electron chi connectivity index (χ4n) is 12.3. The molecular weight excluding hydrogens is 1530 g/mol. The van der Waals surface area contributed by atoms with Crippen LogP contribution < -0.4 is 80.6 Å². The Labute approximate surface area is 663 Å². The lowest BCUT2D eigenvalue weighted by atomic mass is 9.96. The number of cyclic esters (lactones) is 1. The van der Waals surface area contributed by atoms with Crippen molar-refractivity contribution < 1.29 is 121 Å². The summed E-state index contributed by atoms with van der Waals surface area (Å²) in [6, 6.07) is -8.43. The molecule has 2 aromatic heterocycles. The fraction of sp³-hybridized carbons (Fsp3) is 0.527. The molecule has 14 amide bonds. The van der Waals surface area contributed by atoms with Gasteiger partial charge < -0.3 is 121 Å². The zero-order chi connectivity index (χ0) is 86.0. The Morgan fingerprint density at radius 3 is 1.63 bits per heavy atom. The van der Waals surface area contributed by atoms with E-state index in [1.807, 2.05) is 10.6 Å². The van der Waals surface area contributed by atoms with E-state index >= 15 is 4.79 Å². The molecule has 42 heteroatoms. The van der Waals surface area contributed by atoms with Crippen LogP contribution in [0.3, 0.4) is 0 Å². The highest BCUT2D eigenvalue weighted by molar-refractivity contribution is 6.02. The number of carbonyl (C=O) groups excluding carboxylic acids is 15. The third-order valence-electron chi connectivity index (χ3n) is 18.9. The number of aromatic nitrogens is 2. The van der Waals surface area contributed by atoms with Crippen LogP contribution in [0.2, 0.25) is 0 Å². The number of carboxylic acids is 4. The summed E-state index contributed by atoms with van der Waals surface area (Å²) in [7, 11) is 0. The van der Waals surface area contributed by atoms with Crippen molar-refractivity contribution in [3.05, 3.63) is 72.1 Å². The second kappa shape index (κ2) is 46.5. The standard InChI is InChI=1S/C74H103N17O25/c1-6-36(2)16-9-7-8-10-22-55(94)83-47(25-40-31-77-44-19-13-11-17-42(40)44)68(109)86-48(27-54(76)93)69(110)88-51(30-61(103)104)70(111)91-63-39(5)116-74(115)52(26-41-32-78-45-20-14-12-18-43(41)45)89-73(114)62(37(3)24-58(97)98)90-71(112)53(35-92)84-57(96)33-79-65(106)49(28-59(99)100)85-64(105)38(4)81-67(108)50(29-60(101)102)87-66(107)46(21-15-23-75)82-56(95)34-80-72(63)113/h11-14,17-20,31-32,36-39,46-53,62-63,77-78,92H,6-10,15-16,21-30,33-35,75H2,1-5H3,(H2,76,93)(H,79,106)(H,80,113)(H,81,108)(H,82,95)(H,83,94)(H,84,96)(H,85,105)(H,86,109)(H,87,107)(H,88,110)(H,89,114)(H,90,112)(H,91,111)(H,97,98)(H,99,100)(H,101,102)(H,103,104). The van der Waals surface area contributed by atoms with Crippen LogP contribution in [0.15, 0.2) is 60.9 Å². The summed E-state index contributed by atoms with van der Waals surface area (Å²) >= 11 is 0. The summed E-state index contributed by atoms with van der Waals surface area (Å²) in [4.78, 5) is 266. The van der Waals surface area contributed by atoms with E-state index < -0.39 is 249 Å². The first-order chi connectivity index (χ1) is 54.9. The SMILES string of the molecule is CCC(C)CCCCCCC(=O)NC(Cc1c[nH]c2ccccc12)C(=O)NC(CC(N)=O)C(=O)NC(CC(=O)O)C(=O)NC1C(=O)NCC(=O)NC(CCCN)C(=O)NC(CC(=O)O)C(=O)NC(C)C(=O)NC(CC(=O)O)C(=O)NCC(=O)NC(CO)C(=O)NC(C(C)CC(=O)O)C(=O)NC(Cc2c[nH]c3ccccc23)C(=O)OC1C. The van der Waals surface area contributed by atoms with Crippen molar-refractivity contribution in [2.24, 2.45) is 23.3 Å². The van der Waals surface area contributed by atoms with Gasteiger partial charge in [-0.3, -0.25) is 86.3 Å². The van der Waals surface area contributed by atoms with Crippen molar-refractivity contribution in [3.8, 4) is 0 Å². The molecule has 42 nitrogen and oxygen atoms in total. The van der Waals surface area contributed by atoms with Crippen LogP contribution in [-0.4, -0.2) is 247 Å². The van der Waals surface area contributed by atoms with Crippen LogP contribution in [0, 0.1) is 11.8 Å². The zero-order valence-electron chi connectivity index (χ0n) is 64.6. The number of benzene rings is 2. The van der Waals surface area contributed by atoms with E-state index in [2.05, 4.69) is 82.3 Å². The first-order valence-electron chi connectivity index (χ1n) is 37.6. The highest BCUT2D eigenvalue weighted by Crippen LogP contribution is 2.23. The quantitative estimate of drug-likeness (QED) is 0.0155. The number of para-hydroxylation sites is 2. The van der Waals surface area contributed by atoms with Gasteiger partial charge in [0, 0.05) is 53.5 Å². The average Bonchev–Trinajstić information content (AvgIpc) is 1.72. The van der Waals surface area contributed by atoms with Gasteiger partial charge in [-0.2, -0.15) is 0 Å². The molecule has 3 heterocycles. The van der Waals surface area contributed by atoms with Crippen LogP contribution in [0.25, 0.3) is 21.8 Å². The molecule has 0 aliphatic carbocycles. The van der Waals surface area contributed by atoms with E-state index in [1.54, 1.807) is 54.7 Å². The van der Waals surface area contributed by atoms with E-state index in [1.165, 1.54) is 13.1 Å². The molecule has 0 saturated carbocycles. The monoisotopic (exact) mass is 1630 g/mol. The second-order valence-corrected chi connectivity index (χ2v) is 28.2. The molecule has 1 aliphatic rings. The zero-order valence-corrected chi connectivity index (χ0v) is 64.6. The van der Waals surface area contributed by atoms with E-state index in [0.29, 0.717) is 46.1 Å². The summed E-state index contributed by atoms with van der Waals surface area (Å²) in [5.41, 5.74) is 13.3. The maximum atomic E-state index is 15.0. The van der Waals surface area contributed by atoms with E-state index in [-0.39, 0.29) is 37.8 Å². The second-order valence-electron chi connectivity index (χ2n) is 28.2. The minimum atomic E-state index is -2.36. The number of aliphatic carboxylic acids is 4. The number of amides is 14. The van der Waals surface area contributed by atoms with Gasteiger partial charge in [0.25, 0.3) is 0 Å². The highest BCUT2D eigenvalue weighted by Gasteiger charge is 2.41. The number of hydrogen-bond acceptors (Lipinski definition) is 22. The normalized spacial score (nSPS) is 21.5. The maximum Gasteiger partial charge on any atom is 0.329 e. The third kappa shape index (κ3) is 30.7. The molecule has 1 saturated heterocycles. The number of hydrogen-bond donors (Lipinski definition) is 22. The van der Waals surface area contributed by atoms with E-state index in [4.69, 9.17) is 16.2 Å². The van der Waals surface area contributed by atoms with Gasteiger partial charge in [-0.25, -0.2) is 4.79 Å². The molecule has 24 N–H and O–H groups in total. The van der Waals surface area contributed by atoms with Crippen molar-refractivity contribution >= 4 is 134 Å². The minimum Gasteiger partial charge on any atom is -0.481 e. The van der Waals surface area contributed by atoms with Crippen LogP contribution in [0.5, 0.6) is 0 Å². The van der Waals surface area contributed by atoms with Crippen LogP contribution in [0.1, 0.15) is 136 Å². The predicted octanol–water partition coefficient (Wildman–Crippen LogP) is -4.51. The Bertz CT molecular complexity index is 4220. The number of carbonyl (C=O) groups is 19. The van der Waals surface area contributed by atoms with Gasteiger partial charge >= 0.3 is 29.8 Å². The number of carboxylic acid groups (broad SMARTS) is 4. The summed E-state index contributed by atoms with van der Waals surface area (Å²) in [5.74, 6) is -27.1. The lowest BCUT2D eigenvalue weighted by Crippen LogP contribution is -2.62. The molecule has 1 fully saturated rings. The number of ether oxygens (including phenoxy) is 1. The maximum absolute atomic E-state index is 15.0. The number of fused-ring (bicyclic) bond motifs is 2. The molecule has 4 aromatic rings. The van der Waals surface area contributed by atoms with Gasteiger partial charge in [-0.05, 0) is 74.8 Å². The lowest BCUT2D eigenvalue weighted by molar-refractivity contribution is -0.156. The Morgan fingerprint density at radius 1 is 0.534 bits per heavy atom. The van der Waals surface area contributed by atoms with Crippen molar-refractivity contribution in [2.45, 2.75) is 210 Å². The fourth-order valence-corrected chi connectivity index (χ4v) is 12.3. The van der Waals surface area contributed by atoms with E-state index in [9.17, 15) is 112 Å². The molecule has 2 aromatic carbocycles. The number of H-pyrrole nitrogens is 2. The molecule has 0 spiro atoms. The first-order valence-corrected chi connectivity index (χ1v) is 37.6. The largest absolute Gasteiger partial charge is 0.481 e. The van der Waals surface area contributed by atoms with E-state index in [0.717, 1.165) is 39.5 Å². The van der Waals surface area contributed by atoms with Crippen molar-refractivity contribution in [1.82, 2.24) is 79.1 Å². The Hall–Kier alpha value is -12.6. The molecule has 5 rings (SSSR count). The summed E-state index contributed by atoms with van der Waals surface area (Å²) in [6.45, 7) is 3.62. The summed E-state index contributed by atoms with van der Waals surface area (Å²) in [5, 5.41) is 80.0. The molecule has 0 bridgehead atoms. The molecule has 1 aliphatic heterocycles. The van der Waals surface area contributed by atoms with Gasteiger partial charge in [0.1, 0.15) is 72.6 Å². The van der Waals surface area contributed by atoms with Crippen molar-refractivity contribution in [3.63, 3.8) is 0 Å². The number of primary amides is 1. The smallest absolute Gasteiger partial charge is 0.329 e. The molecule has 634 valence electrons. The Balaban J connectivity index is 1.59.